The van der Waals surface area contributed by atoms with E-state index in [4.69, 9.17) is 16.7 Å². The van der Waals surface area contributed by atoms with Crippen molar-refractivity contribution in [3.05, 3.63) is 28.8 Å². The number of benzene rings is 1. The highest BCUT2D eigenvalue weighted by Crippen LogP contribution is 2.23. The van der Waals surface area contributed by atoms with Crippen LogP contribution in [0.3, 0.4) is 0 Å². The smallest absolute Gasteiger partial charge is 0.252 e. The normalized spacial score (nSPS) is 12.2. The van der Waals surface area contributed by atoms with Gasteiger partial charge in [0.15, 0.2) is 0 Å². The van der Waals surface area contributed by atoms with Crippen molar-refractivity contribution in [1.29, 1.82) is 0 Å². The van der Waals surface area contributed by atoms with Crippen LogP contribution >= 0.6 is 23.4 Å². The number of hydrogen-bond donors (Lipinski definition) is 2. The number of hydrogen-bond acceptors (Lipinski definition) is 3. The molecule has 0 saturated carbocycles. The monoisotopic (exact) mass is 315 g/mol. The zero-order chi connectivity index (χ0) is 15.0. The zero-order valence-electron chi connectivity index (χ0n) is 12.0. The summed E-state index contributed by atoms with van der Waals surface area (Å²) in [5.41, 5.74) is 0.512. The molecule has 1 unspecified atom stereocenters. The van der Waals surface area contributed by atoms with E-state index in [2.05, 4.69) is 12.2 Å². The van der Waals surface area contributed by atoms with E-state index in [1.807, 2.05) is 18.4 Å². The molecular formula is C15H22ClNO2S. The first-order chi connectivity index (χ1) is 9.62. The maximum Gasteiger partial charge on any atom is 0.252 e. The summed E-state index contributed by atoms with van der Waals surface area (Å²) in [6, 6.07) is 5.46. The fourth-order valence-electron chi connectivity index (χ4n) is 2.08. The van der Waals surface area contributed by atoms with Gasteiger partial charge in [-0.3, -0.25) is 4.79 Å². The van der Waals surface area contributed by atoms with Crippen LogP contribution < -0.4 is 5.32 Å². The van der Waals surface area contributed by atoms with Crippen LogP contribution in [0.2, 0.25) is 5.02 Å². The fraction of sp³-hybridized carbons (Fsp3) is 0.533. The molecule has 0 saturated heterocycles. The van der Waals surface area contributed by atoms with Crippen molar-refractivity contribution in [1.82, 2.24) is 5.32 Å². The lowest BCUT2D eigenvalue weighted by molar-refractivity contribution is 0.0943. The summed E-state index contributed by atoms with van der Waals surface area (Å²) in [7, 11) is 0. The topological polar surface area (TPSA) is 49.3 Å². The molecule has 0 aliphatic heterocycles. The van der Waals surface area contributed by atoms with E-state index in [-0.39, 0.29) is 12.5 Å². The summed E-state index contributed by atoms with van der Waals surface area (Å²) in [5, 5.41) is 12.4. The highest BCUT2D eigenvalue weighted by Gasteiger charge is 2.13. The minimum Gasteiger partial charge on any atom is -0.396 e. The molecule has 0 aliphatic rings. The minimum atomic E-state index is -0.148. The molecule has 3 nitrogen and oxygen atoms in total. The predicted molar refractivity (Wildman–Crippen MR) is 85.7 cm³/mol. The van der Waals surface area contributed by atoms with Crippen molar-refractivity contribution < 1.29 is 9.90 Å². The van der Waals surface area contributed by atoms with Crippen LogP contribution in [-0.4, -0.2) is 30.4 Å². The second kappa shape index (κ2) is 9.27. The zero-order valence-corrected chi connectivity index (χ0v) is 13.6. The molecule has 0 radical (unpaired) electrons. The van der Waals surface area contributed by atoms with E-state index in [9.17, 15) is 4.79 Å². The number of carbonyl (C=O) groups is 1. The Balaban J connectivity index is 2.65. The molecule has 1 aromatic rings. The van der Waals surface area contributed by atoms with Gasteiger partial charge >= 0.3 is 0 Å². The van der Waals surface area contributed by atoms with Crippen LogP contribution in [0.25, 0.3) is 0 Å². The van der Waals surface area contributed by atoms with E-state index in [0.717, 1.165) is 17.7 Å². The quantitative estimate of drug-likeness (QED) is 0.721. The molecule has 5 heteroatoms. The van der Waals surface area contributed by atoms with E-state index >= 15 is 0 Å². The Morgan fingerprint density at radius 2 is 2.20 bits per heavy atom. The van der Waals surface area contributed by atoms with E-state index in [1.54, 1.807) is 17.8 Å². The molecule has 0 aliphatic carbocycles. The highest BCUT2D eigenvalue weighted by atomic mass is 35.5. The van der Waals surface area contributed by atoms with E-state index in [1.165, 1.54) is 0 Å². The molecule has 1 amide bonds. The Labute approximate surface area is 130 Å². The van der Waals surface area contributed by atoms with Crippen molar-refractivity contribution >= 4 is 29.3 Å². The second-order valence-corrected chi connectivity index (χ2v) is 6.01. The molecule has 0 aromatic heterocycles. The molecule has 2 N–H and O–H groups in total. The van der Waals surface area contributed by atoms with Crippen molar-refractivity contribution in [2.45, 2.75) is 31.1 Å². The molecule has 0 spiro atoms. The van der Waals surface area contributed by atoms with Crippen molar-refractivity contribution in [3.8, 4) is 0 Å². The summed E-state index contributed by atoms with van der Waals surface area (Å²) < 4.78 is 0. The summed E-state index contributed by atoms with van der Waals surface area (Å²) in [6.07, 6.45) is 4.72. The molecule has 1 aromatic carbocycles. The first-order valence-corrected chi connectivity index (χ1v) is 8.45. The van der Waals surface area contributed by atoms with Crippen LogP contribution in [0, 0.1) is 5.92 Å². The van der Waals surface area contributed by atoms with Crippen LogP contribution in [0.1, 0.15) is 36.5 Å². The summed E-state index contributed by atoms with van der Waals surface area (Å²) in [6.45, 7) is 2.83. The van der Waals surface area contributed by atoms with E-state index < -0.39 is 0 Å². The number of amides is 1. The Morgan fingerprint density at radius 1 is 1.45 bits per heavy atom. The molecule has 1 rings (SSSR count). The van der Waals surface area contributed by atoms with E-state index in [0.29, 0.717) is 29.5 Å². The number of nitrogens with one attached hydrogen (secondary N) is 1. The first-order valence-electron chi connectivity index (χ1n) is 6.85. The van der Waals surface area contributed by atoms with Gasteiger partial charge in [-0.1, -0.05) is 24.9 Å². The van der Waals surface area contributed by atoms with Gasteiger partial charge in [0.1, 0.15) is 0 Å². The average molecular weight is 316 g/mol. The fourth-order valence-corrected chi connectivity index (χ4v) is 2.72. The van der Waals surface area contributed by atoms with Gasteiger partial charge in [0.2, 0.25) is 0 Å². The Hall–Kier alpha value is -0.710. The number of rotatable bonds is 8. The number of carbonyl (C=O) groups excluding carboxylic acids is 1. The molecule has 20 heavy (non-hydrogen) atoms. The van der Waals surface area contributed by atoms with Gasteiger partial charge in [0.25, 0.3) is 5.91 Å². The van der Waals surface area contributed by atoms with Gasteiger partial charge in [0.05, 0.1) is 10.6 Å². The molecule has 0 fully saturated rings. The van der Waals surface area contributed by atoms with Gasteiger partial charge in [-0.25, -0.2) is 0 Å². The molecular weight excluding hydrogens is 294 g/mol. The Kier molecular flexibility index (Phi) is 8.04. The maximum absolute atomic E-state index is 12.2. The van der Waals surface area contributed by atoms with Gasteiger partial charge in [-0.2, -0.15) is 0 Å². The lowest BCUT2D eigenvalue weighted by atomic mass is 10.00. The van der Waals surface area contributed by atoms with Crippen LogP contribution in [0.15, 0.2) is 23.1 Å². The number of thioether (sulfide) groups is 1. The number of halogens is 1. The molecule has 0 heterocycles. The average Bonchev–Trinajstić information content (AvgIpc) is 2.45. The number of aliphatic hydroxyl groups is 1. The molecule has 0 bridgehead atoms. The summed E-state index contributed by atoms with van der Waals surface area (Å²) >= 11 is 7.65. The molecule has 1 atom stereocenters. The van der Waals surface area contributed by atoms with Gasteiger partial charge in [-0.15, -0.1) is 11.8 Å². The second-order valence-electron chi connectivity index (χ2n) is 4.72. The lowest BCUT2D eigenvalue weighted by Gasteiger charge is -2.16. The maximum atomic E-state index is 12.2. The Bertz CT molecular complexity index is 434. The molecule has 112 valence electrons. The Morgan fingerprint density at radius 3 is 2.80 bits per heavy atom. The van der Waals surface area contributed by atoms with Crippen molar-refractivity contribution in [2.24, 2.45) is 5.92 Å². The standard InChI is InChI=1S/C15H22ClNO2S/c1-3-4-11(7-8-18)10-17-15(19)13-9-12(20-2)5-6-14(13)16/h5-6,9,11,18H,3-4,7-8,10H2,1-2H3,(H,17,19). The number of aliphatic hydroxyl groups excluding tert-OH is 1. The largest absolute Gasteiger partial charge is 0.396 e. The predicted octanol–water partition coefficient (Wildman–Crippen LogP) is 3.59. The van der Waals surface area contributed by atoms with Gasteiger partial charge in [-0.05, 0) is 43.2 Å². The highest BCUT2D eigenvalue weighted by molar-refractivity contribution is 7.98. The minimum absolute atomic E-state index is 0.148. The van der Waals surface area contributed by atoms with Crippen LogP contribution in [0.5, 0.6) is 0 Å². The summed E-state index contributed by atoms with van der Waals surface area (Å²) in [4.78, 5) is 13.2. The van der Waals surface area contributed by atoms with Crippen LogP contribution in [0.4, 0.5) is 0 Å². The third-order valence-electron chi connectivity index (χ3n) is 3.20. The van der Waals surface area contributed by atoms with Gasteiger partial charge < -0.3 is 10.4 Å². The lowest BCUT2D eigenvalue weighted by Crippen LogP contribution is -2.30. The SMILES string of the molecule is CCCC(CCO)CNC(=O)c1cc(SC)ccc1Cl. The first kappa shape index (κ1) is 17.3. The van der Waals surface area contributed by atoms with Crippen molar-refractivity contribution in [2.75, 3.05) is 19.4 Å². The van der Waals surface area contributed by atoms with Crippen LogP contribution in [-0.2, 0) is 0 Å². The van der Waals surface area contributed by atoms with Gasteiger partial charge in [0, 0.05) is 18.0 Å². The third kappa shape index (κ3) is 5.35. The van der Waals surface area contributed by atoms with Crippen molar-refractivity contribution in [3.63, 3.8) is 0 Å². The summed E-state index contributed by atoms with van der Waals surface area (Å²) in [5.74, 6) is 0.168. The third-order valence-corrected chi connectivity index (χ3v) is 4.26.